The second kappa shape index (κ2) is 4.14. The van der Waals surface area contributed by atoms with E-state index in [2.05, 4.69) is 4.98 Å². The topological polar surface area (TPSA) is 60.8 Å². The summed E-state index contributed by atoms with van der Waals surface area (Å²) in [6.45, 7) is 7.87. The zero-order valence-electron chi connectivity index (χ0n) is 11.4. The molecular formula is C12H18BNO4. The van der Waals surface area contributed by atoms with Gasteiger partial charge >= 0.3 is 7.12 Å². The quantitative estimate of drug-likeness (QED) is 0.797. The Morgan fingerprint density at radius 2 is 1.78 bits per heavy atom. The first-order valence-corrected chi connectivity index (χ1v) is 5.85. The molecule has 1 aromatic rings. The van der Waals surface area contributed by atoms with Gasteiger partial charge in [0.15, 0.2) is 0 Å². The van der Waals surface area contributed by atoms with Gasteiger partial charge in [-0.1, -0.05) is 0 Å². The smallest absolute Gasteiger partial charge is 0.500 e. The van der Waals surface area contributed by atoms with Gasteiger partial charge in [0, 0.05) is 5.46 Å². The second-order valence-electron chi connectivity index (χ2n) is 5.38. The standard InChI is InChI=1S/C12H18BNO4/c1-11(2)12(3,4)18-13(17-11)9-6-8(15)7-14-10(9)16-5/h6-7,15H,1-5H3. The maximum absolute atomic E-state index is 9.52. The van der Waals surface area contributed by atoms with Crippen molar-refractivity contribution in [2.75, 3.05) is 7.11 Å². The Morgan fingerprint density at radius 3 is 2.28 bits per heavy atom. The van der Waals surface area contributed by atoms with Crippen LogP contribution in [0.15, 0.2) is 12.3 Å². The first-order chi connectivity index (χ1) is 8.27. The zero-order valence-corrected chi connectivity index (χ0v) is 11.4. The first kappa shape index (κ1) is 13.2. The number of hydrogen-bond acceptors (Lipinski definition) is 5. The summed E-state index contributed by atoms with van der Waals surface area (Å²) < 4.78 is 17.0. The Bertz CT molecular complexity index is 445. The minimum absolute atomic E-state index is 0.0560. The average molecular weight is 251 g/mol. The van der Waals surface area contributed by atoms with Crippen molar-refractivity contribution in [3.8, 4) is 11.6 Å². The summed E-state index contributed by atoms with van der Waals surface area (Å²) in [5.74, 6) is 0.451. The molecule has 1 N–H and O–H groups in total. The molecule has 1 fully saturated rings. The molecule has 18 heavy (non-hydrogen) atoms. The van der Waals surface area contributed by atoms with Gasteiger partial charge in [0.1, 0.15) is 5.75 Å². The summed E-state index contributed by atoms with van der Waals surface area (Å²) in [5.41, 5.74) is -0.279. The van der Waals surface area contributed by atoms with Crippen LogP contribution in [0.1, 0.15) is 27.7 Å². The highest BCUT2D eigenvalue weighted by atomic mass is 16.7. The van der Waals surface area contributed by atoms with Crippen molar-refractivity contribution in [3.63, 3.8) is 0 Å². The SMILES string of the molecule is COc1ncc(O)cc1B1OC(C)(C)C(C)(C)O1. The van der Waals surface area contributed by atoms with Crippen molar-refractivity contribution in [1.82, 2.24) is 4.98 Å². The Hall–Kier alpha value is -1.27. The Balaban J connectivity index is 2.37. The van der Waals surface area contributed by atoms with Gasteiger partial charge < -0.3 is 19.2 Å². The van der Waals surface area contributed by atoms with E-state index < -0.39 is 18.3 Å². The molecule has 0 bridgehead atoms. The van der Waals surface area contributed by atoms with E-state index in [-0.39, 0.29) is 5.75 Å². The number of hydrogen-bond donors (Lipinski definition) is 1. The fourth-order valence-corrected chi connectivity index (χ4v) is 1.77. The monoisotopic (exact) mass is 251 g/mol. The molecule has 0 aliphatic carbocycles. The number of nitrogens with zero attached hydrogens (tertiary/aromatic N) is 1. The highest BCUT2D eigenvalue weighted by Crippen LogP contribution is 2.37. The van der Waals surface area contributed by atoms with Crippen molar-refractivity contribution in [1.29, 1.82) is 0 Å². The van der Waals surface area contributed by atoms with Gasteiger partial charge in [0.2, 0.25) is 5.88 Å². The van der Waals surface area contributed by atoms with Crippen LogP contribution < -0.4 is 10.2 Å². The number of aromatic hydroxyl groups is 1. The Kier molecular flexibility index (Phi) is 3.03. The molecule has 98 valence electrons. The lowest BCUT2D eigenvalue weighted by molar-refractivity contribution is 0.00578. The molecule has 1 aromatic heterocycles. The predicted molar refractivity (Wildman–Crippen MR) is 68.2 cm³/mol. The molecule has 1 aliphatic heterocycles. The van der Waals surface area contributed by atoms with Crippen LogP contribution in [-0.2, 0) is 9.31 Å². The first-order valence-electron chi connectivity index (χ1n) is 5.85. The molecule has 0 saturated carbocycles. The van der Waals surface area contributed by atoms with Gasteiger partial charge in [-0.3, -0.25) is 0 Å². The number of pyridine rings is 1. The minimum Gasteiger partial charge on any atom is -0.506 e. The third-order valence-electron chi connectivity index (χ3n) is 3.56. The van der Waals surface area contributed by atoms with E-state index in [1.54, 1.807) is 6.07 Å². The van der Waals surface area contributed by atoms with Gasteiger partial charge in [-0.2, -0.15) is 0 Å². The summed E-state index contributed by atoms with van der Waals surface area (Å²) in [7, 11) is 0.929. The van der Waals surface area contributed by atoms with Gasteiger partial charge in [-0.15, -0.1) is 0 Å². The highest BCUT2D eigenvalue weighted by molar-refractivity contribution is 6.63. The number of ether oxygens (including phenoxy) is 1. The summed E-state index contributed by atoms with van der Waals surface area (Å²) in [6.07, 6.45) is 1.33. The lowest BCUT2D eigenvalue weighted by atomic mass is 9.79. The van der Waals surface area contributed by atoms with E-state index in [0.29, 0.717) is 11.3 Å². The Labute approximate surface area is 107 Å². The van der Waals surface area contributed by atoms with Crippen LogP contribution in [0.25, 0.3) is 0 Å². The molecule has 0 radical (unpaired) electrons. The van der Waals surface area contributed by atoms with Crippen molar-refractivity contribution >= 4 is 12.6 Å². The Morgan fingerprint density at radius 1 is 1.22 bits per heavy atom. The van der Waals surface area contributed by atoms with Crippen LogP contribution >= 0.6 is 0 Å². The maximum atomic E-state index is 9.52. The summed E-state index contributed by atoms with van der Waals surface area (Å²) in [4.78, 5) is 4.00. The molecule has 0 unspecified atom stereocenters. The fraction of sp³-hybridized carbons (Fsp3) is 0.583. The summed E-state index contributed by atoms with van der Waals surface area (Å²) >= 11 is 0. The van der Waals surface area contributed by atoms with Crippen LogP contribution in [0.5, 0.6) is 11.6 Å². The predicted octanol–water partition coefficient (Wildman–Crippen LogP) is 1.09. The van der Waals surface area contributed by atoms with E-state index in [0.717, 1.165) is 0 Å². The van der Waals surface area contributed by atoms with Crippen molar-refractivity contribution in [3.05, 3.63) is 12.3 Å². The molecule has 0 atom stereocenters. The molecule has 6 heteroatoms. The van der Waals surface area contributed by atoms with E-state index in [9.17, 15) is 5.11 Å². The molecule has 1 aliphatic rings. The van der Waals surface area contributed by atoms with Gasteiger partial charge in [-0.05, 0) is 33.8 Å². The molecule has 0 aromatic carbocycles. The largest absolute Gasteiger partial charge is 0.506 e. The maximum Gasteiger partial charge on any atom is 0.500 e. The van der Waals surface area contributed by atoms with E-state index in [1.807, 2.05) is 27.7 Å². The van der Waals surface area contributed by atoms with Crippen molar-refractivity contribution in [2.45, 2.75) is 38.9 Å². The van der Waals surface area contributed by atoms with Gasteiger partial charge in [0.25, 0.3) is 0 Å². The third-order valence-corrected chi connectivity index (χ3v) is 3.56. The molecule has 1 saturated heterocycles. The number of methoxy groups -OCH3 is 1. The van der Waals surface area contributed by atoms with Crippen molar-refractivity contribution in [2.24, 2.45) is 0 Å². The second-order valence-corrected chi connectivity index (χ2v) is 5.38. The van der Waals surface area contributed by atoms with Crippen LogP contribution in [0.2, 0.25) is 0 Å². The molecule has 0 spiro atoms. The minimum atomic E-state index is -0.593. The molecule has 0 amide bonds. The summed E-state index contributed by atoms with van der Waals surface area (Å²) in [6, 6.07) is 1.55. The average Bonchev–Trinajstić information content (AvgIpc) is 2.48. The number of rotatable bonds is 2. The molecular weight excluding hydrogens is 233 g/mol. The third kappa shape index (κ3) is 2.06. The lowest BCUT2D eigenvalue weighted by Crippen LogP contribution is -2.41. The van der Waals surface area contributed by atoms with Crippen LogP contribution in [0.3, 0.4) is 0 Å². The highest BCUT2D eigenvalue weighted by Gasteiger charge is 2.52. The molecule has 2 heterocycles. The van der Waals surface area contributed by atoms with E-state index in [4.69, 9.17) is 14.0 Å². The van der Waals surface area contributed by atoms with Gasteiger partial charge in [-0.25, -0.2) is 4.98 Å². The zero-order chi connectivity index (χ0) is 13.6. The fourth-order valence-electron chi connectivity index (χ4n) is 1.77. The van der Waals surface area contributed by atoms with Gasteiger partial charge in [0.05, 0.1) is 24.5 Å². The number of aromatic nitrogens is 1. The van der Waals surface area contributed by atoms with E-state index in [1.165, 1.54) is 13.3 Å². The van der Waals surface area contributed by atoms with Crippen LogP contribution in [0.4, 0.5) is 0 Å². The molecule has 2 rings (SSSR count). The van der Waals surface area contributed by atoms with E-state index >= 15 is 0 Å². The van der Waals surface area contributed by atoms with Crippen LogP contribution in [-0.4, -0.2) is 35.5 Å². The summed E-state index contributed by atoms with van der Waals surface area (Å²) in [5, 5.41) is 9.52. The van der Waals surface area contributed by atoms with Crippen LogP contribution in [0, 0.1) is 0 Å². The van der Waals surface area contributed by atoms with Crippen molar-refractivity contribution < 1.29 is 19.2 Å². The lowest BCUT2D eigenvalue weighted by Gasteiger charge is -2.32. The normalized spacial score (nSPS) is 21.1. The molecule has 5 nitrogen and oxygen atoms in total.